The van der Waals surface area contributed by atoms with Crippen LogP contribution >= 0.6 is 0 Å². The fourth-order valence-electron chi connectivity index (χ4n) is 2.16. The number of rotatable bonds is 0. The number of para-hydroxylation sites is 1. The van der Waals surface area contributed by atoms with Crippen LogP contribution in [0.2, 0.25) is 0 Å². The minimum atomic E-state index is 0.800. The second-order valence-electron chi connectivity index (χ2n) is 3.94. The van der Waals surface area contributed by atoms with Crippen LogP contribution in [-0.2, 0) is 6.42 Å². The van der Waals surface area contributed by atoms with Crippen molar-refractivity contribution >= 4 is 5.69 Å². The number of nitrogens with one attached hydrogen (secondary N) is 1. The molecule has 2 aliphatic rings. The summed E-state index contributed by atoms with van der Waals surface area (Å²) < 4.78 is 0. The highest BCUT2D eigenvalue weighted by molar-refractivity contribution is 5.54. The van der Waals surface area contributed by atoms with Gasteiger partial charge in [0.2, 0.25) is 0 Å². The molecule has 0 radical (unpaired) electrons. The second kappa shape index (κ2) is 2.25. The van der Waals surface area contributed by atoms with Crippen LogP contribution in [0, 0.1) is 5.92 Å². The number of aryl methyl sites for hydroxylation is 1. The fourth-order valence-corrected chi connectivity index (χ4v) is 2.16. The average Bonchev–Trinajstić information content (AvgIpc) is 2.80. The Balaban J connectivity index is 2.00. The van der Waals surface area contributed by atoms with E-state index in [1.54, 1.807) is 0 Å². The minimum Gasteiger partial charge on any atom is -0.382 e. The van der Waals surface area contributed by atoms with E-state index in [4.69, 9.17) is 0 Å². The van der Waals surface area contributed by atoms with Gasteiger partial charge in [0.25, 0.3) is 0 Å². The van der Waals surface area contributed by atoms with Crippen molar-refractivity contribution in [3.05, 3.63) is 29.8 Å². The summed E-state index contributed by atoms with van der Waals surface area (Å²) in [6.45, 7) is 0. The van der Waals surface area contributed by atoms with E-state index in [9.17, 15) is 0 Å². The van der Waals surface area contributed by atoms with Gasteiger partial charge < -0.3 is 5.32 Å². The van der Waals surface area contributed by atoms with E-state index in [2.05, 4.69) is 29.6 Å². The Morgan fingerprint density at radius 3 is 3.17 bits per heavy atom. The van der Waals surface area contributed by atoms with E-state index in [1.165, 1.54) is 30.5 Å². The largest absolute Gasteiger partial charge is 0.382 e. The lowest BCUT2D eigenvalue weighted by Crippen LogP contribution is -2.02. The van der Waals surface area contributed by atoms with Gasteiger partial charge in [0.05, 0.1) is 0 Å². The molecule has 0 bridgehead atoms. The van der Waals surface area contributed by atoms with Gasteiger partial charge in [-0.15, -0.1) is 0 Å². The van der Waals surface area contributed by atoms with Crippen LogP contribution in [0.3, 0.4) is 0 Å². The molecule has 1 aliphatic carbocycles. The quantitative estimate of drug-likeness (QED) is 0.613. The first-order valence-electron chi connectivity index (χ1n) is 4.78. The van der Waals surface area contributed by atoms with E-state index >= 15 is 0 Å². The van der Waals surface area contributed by atoms with E-state index in [1.807, 2.05) is 0 Å². The molecule has 2 unspecified atom stereocenters. The van der Waals surface area contributed by atoms with Crippen molar-refractivity contribution in [3.63, 3.8) is 0 Å². The van der Waals surface area contributed by atoms with Crippen molar-refractivity contribution in [2.45, 2.75) is 25.3 Å². The molecule has 1 N–H and O–H groups in total. The molecule has 0 spiro atoms. The van der Waals surface area contributed by atoms with Crippen molar-refractivity contribution in [3.8, 4) is 0 Å². The number of hydrogen-bond acceptors (Lipinski definition) is 1. The van der Waals surface area contributed by atoms with Crippen LogP contribution in [0.25, 0.3) is 0 Å². The number of fused-ring (bicyclic) bond motifs is 2. The van der Waals surface area contributed by atoms with Crippen LogP contribution in [-0.4, -0.2) is 6.04 Å². The normalized spacial score (nSPS) is 31.0. The molecule has 1 heterocycles. The molecular weight excluding hydrogens is 146 g/mol. The molecule has 3 rings (SSSR count). The van der Waals surface area contributed by atoms with E-state index < -0.39 is 0 Å². The van der Waals surface area contributed by atoms with Crippen molar-refractivity contribution in [2.24, 2.45) is 5.92 Å². The van der Waals surface area contributed by atoms with Crippen molar-refractivity contribution in [1.82, 2.24) is 0 Å². The summed E-state index contributed by atoms with van der Waals surface area (Å²) in [5.74, 6) is 0.970. The zero-order chi connectivity index (χ0) is 7.97. The van der Waals surface area contributed by atoms with E-state index in [0.29, 0.717) is 0 Å². The molecule has 0 saturated heterocycles. The summed E-state index contributed by atoms with van der Waals surface area (Å²) in [7, 11) is 0. The molecule has 62 valence electrons. The molecule has 0 aromatic heterocycles. The van der Waals surface area contributed by atoms with E-state index in [-0.39, 0.29) is 0 Å². The zero-order valence-corrected chi connectivity index (χ0v) is 7.09. The summed E-state index contributed by atoms with van der Waals surface area (Å²) in [5, 5.41) is 3.60. The summed E-state index contributed by atoms with van der Waals surface area (Å²) in [6.07, 6.45) is 4.05. The maximum atomic E-state index is 3.60. The molecule has 2 atom stereocenters. The zero-order valence-electron chi connectivity index (χ0n) is 7.09. The van der Waals surface area contributed by atoms with Gasteiger partial charge >= 0.3 is 0 Å². The molecule has 1 saturated carbocycles. The lowest BCUT2D eigenvalue weighted by Gasteiger charge is -2.07. The first-order chi connectivity index (χ1) is 5.93. The van der Waals surface area contributed by atoms with Gasteiger partial charge in [0.15, 0.2) is 0 Å². The van der Waals surface area contributed by atoms with Gasteiger partial charge in [-0.1, -0.05) is 18.2 Å². The number of anilines is 1. The van der Waals surface area contributed by atoms with Gasteiger partial charge in [-0.05, 0) is 36.8 Å². The number of benzene rings is 1. The Bertz CT molecular complexity index is 306. The van der Waals surface area contributed by atoms with Crippen molar-refractivity contribution in [2.75, 3.05) is 5.32 Å². The first-order valence-corrected chi connectivity index (χ1v) is 4.78. The lowest BCUT2D eigenvalue weighted by molar-refractivity contribution is 0.725. The third-order valence-corrected chi connectivity index (χ3v) is 3.07. The Labute approximate surface area is 72.8 Å². The van der Waals surface area contributed by atoms with Gasteiger partial charge in [-0.3, -0.25) is 0 Å². The van der Waals surface area contributed by atoms with Crippen LogP contribution in [0.5, 0.6) is 0 Å². The molecule has 0 amide bonds. The molecule has 12 heavy (non-hydrogen) atoms. The standard InChI is InChI=1S/C11H13N/c1-2-4-10-8(3-1)5-6-9-7-11(9)12-10/h1-4,9,11-12H,5-7H2. The Morgan fingerprint density at radius 1 is 1.25 bits per heavy atom. The Hall–Kier alpha value is -0.980. The summed E-state index contributed by atoms with van der Waals surface area (Å²) in [5.41, 5.74) is 2.88. The molecule has 1 fully saturated rings. The molecule has 1 aromatic carbocycles. The average molecular weight is 159 g/mol. The summed E-state index contributed by atoms with van der Waals surface area (Å²) >= 11 is 0. The highest BCUT2D eigenvalue weighted by atomic mass is 15.0. The van der Waals surface area contributed by atoms with Gasteiger partial charge in [-0.25, -0.2) is 0 Å². The van der Waals surface area contributed by atoms with Crippen molar-refractivity contribution < 1.29 is 0 Å². The second-order valence-corrected chi connectivity index (χ2v) is 3.94. The van der Waals surface area contributed by atoms with Gasteiger partial charge in [-0.2, -0.15) is 0 Å². The molecular formula is C11H13N. The van der Waals surface area contributed by atoms with Gasteiger partial charge in [0.1, 0.15) is 0 Å². The SMILES string of the molecule is c1ccc2c(c1)CCC1CC1N2. The first kappa shape index (κ1) is 6.53. The van der Waals surface area contributed by atoms with Gasteiger partial charge in [0, 0.05) is 11.7 Å². The molecule has 1 aromatic rings. The maximum Gasteiger partial charge on any atom is 0.0374 e. The van der Waals surface area contributed by atoms with E-state index in [0.717, 1.165) is 12.0 Å². The minimum absolute atomic E-state index is 0.800. The molecule has 1 aliphatic heterocycles. The Morgan fingerprint density at radius 2 is 2.17 bits per heavy atom. The number of hydrogen-bond donors (Lipinski definition) is 1. The Kier molecular flexibility index (Phi) is 1.23. The highest BCUT2D eigenvalue weighted by Crippen LogP contribution is 2.41. The third kappa shape index (κ3) is 0.927. The summed E-state index contributed by atoms with van der Waals surface area (Å²) in [4.78, 5) is 0. The van der Waals surface area contributed by atoms with Crippen LogP contribution in [0.15, 0.2) is 24.3 Å². The predicted molar refractivity (Wildman–Crippen MR) is 50.3 cm³/mol. The molecule has 1 heteroatoms. The van der Waals surface area contributed by atoms with Crippen LogP contribution in [0.4, 0.5) is 5.69 Å². The van der Waals surface area contributed by atoms with Crippen LogP contribution in [0.1, 0.15) is 18.4 Å². The fraction of sp³-hybridized carbons (Fsp3) is 0.455. The predicted octanol–water partition coefficient (Wildman–Crippen LogP) is 2.43. The lowest BCUT2D eigenvalue weighted by atomic mass is 10.1. The summed E-state index contributed by atoms with van der Waals surface area (Å²) in [6, 6.07) is 9.50. The molecule has 1 nitrogen and oxygen atoms in total. The third-order valence-electron chi connectivity index (χ3n) is 3.07. The van der Waals surface area contributed by atoms with Crippen LogP contribution < -0.4 is 5.32 Å². The highest BCUT2D eigenvalue weighted by Gasteiger charge is 2.38. The smallest absolute Gasteiger partial charge is 0.0374 e. The monoisotopic (exact) mass is 159 g/mol. The topological polar surface area (TPSA) is 12.0 Å². The van der Waals surface area contributed by atoms with Crippen molar-refractivity contribution in [1.29, 1.82) is 0 Å². The maximum absolute atomic E-state index is 3.60.